The van der Waals surface area contributed by atoms with Crippen molar-refractivity contribution in [3.05, 3.63) is 48.5 Å². The van der Waals surface area contributed by atoms with Gasteiger partial charge in [0, 0.05) is 24.6 Å². The molecule has 0 amide bonds. The third-order valence-corrected chi connectivity index (χ3v) is 4.98. The van der Waals surface area contributed by atoms with Crippen molar-refractivity contribution in [3.63, 3.8) is 0 Å². The van der Waals surface area contributed by atoms with Crippen molar-refractivity contribution >= 4 is 30.3 Å². The fourth-order valence-corrected chi connectivity index (χ4v) is 3.34. The fourth-order valence-electron chi connectivity index (χ4n) is 2.94. The topological polar surface area (TPSA) is 219 Å². The summed E-state index contributed by atoms with van der Waals surface area (Å²) >= 11 is 0. The molecule has 0 radical (unpaired) electrons. The number of carbonyl (C=O) groups excluding carboxylic acids is 1. The van der Waals surface area contributed by atoms with Gasteiger partial charge in [0.25, 0.3) is 5.69 Å². The molecule has 178 valence electrons. The molecule has 0 atom stereocenters. The minimum atomic E-state index is -4.29. The molecule has 5 N–H and O–H groups in total. The Balaban J connectivity index is 0.000000794. The molecule has 0 aliphatic carbocycles. The number of aromatic nitrogens is 2. The van der Waals surface area contributed by atoms with Crippen molar-refractivity contribution < 1.29 is 58.7 Å². The van der Waals surface area contributed by atoms with Gasteiger partial charge in [-0.25, -0.2) is 0 Å². The Bertz CT molecular complexity index is 1110. The van der Waals surface area contributed by atoms with E-state index in [2.05, 4.69) is 15.3 Å². The number of carbonyl (C=O) groups is 1. The number of benzene rings is 1. The van der Waals surface area contributed by atoms with E-state index in [1.807, 2.05) is 13.8 Å². The van der Waals surface area contributed by atoms with Crippen LogP contribution < -0.4 is 51.1 Å². The number of non-ortho nitro benzene ring substituents is 1. The van der Waals surface area contributed by atoms with Gasteiger partial charge in [0.05, 0.1) is 22.2 Å². The van der Waals surface area contributed by atoms with E-state index in [-0.39, 0.29) is 64.3 Å². The van der Waals surface area contributed by atoms with Crippen LogP contribution in [0.4, 0.5) is 5.69 Å². The van der Waals surface area contributed by atoms with Crippen LogP contribution in [0.15, 0.2) is 21.7 Å². The molecule has 1 aromatic carbocycles. The second kappa shape index (κ2) is 14.4. The first kappa shape index (κ1) is 31.1. The number of hydrogen-bond acceptors (Lipinski definition) is 8. The number of rotatable bonds is 10. The molecule has 0 aliphatic heterocycles. The summed E-state index contributed by atoms with van der Waals surface area (Å²) in [6.07, 6.45) is 2.74. The molecule has 1 aromatic heterocycles. The molecular weight excluding hydrogens is 470 g/mol. The van der Waals surface area contributed by atoms with E-state index in [1.165, 1.54) is 0 Å². The summed E-state index contributed by atoms with van der Waals surface area (Å²) in [7, 11) is -4.29. The SMILES string of the molecule is CCCC(CCC)C(=O)[O-].O=c1[nH]c2cc([N+](=O)[O-])cc(CNCP(=O)(O)O)c2[nH]c1=O.[Na+]. The predicted octanol–water partition coefficient (Wildman–Crippen LogP) is -2.69. The summed E-state index contributed by atoms with van der Waals surface area (Å²) in [5.41, 5.74) is -1.81. The van der Waals surface area contributed by atoms with E-state index in [0.717, 1.165) is 37.8 Å². The molecule has 15 heteroatoms. The quantitative estimate of drug-likeness (QED) is 0.0753. The van der Waals surface area contributed by atoms with Crippen LogP contribution in [-0.4, -0.2) is 36.9 Å². The molecule has 13 nitrogen and oxygen atoms in total. The van der Waals surface area contributed by atoms with Crippen molar-refractivity contribution in [1.82, 2.24) is 15.3 Å². The van der Waals surface area contributed by atoms with E-state index in [9.17, 15) is 34.2 Å². The van der Waals surface area contributed by atoms with Crippen LogP contribution in [0.5, 0.6) is 0 Å². The second-order valence-corrected chi connectivity index (χ2v) is 8.68. The molecule has 0 unspecified atom stereocenters. The van der Waals surface area contributed by atoms with Gasteiger partial charge in [-0.15, -0.1) is 0 Å². The molecular formula is C18H26N4NaO9P. The van der Waals surface area contributed by atoms with Gasteiger partial charge in [0.15, 0.2) is 0 Å². The normalized spacial score (nSPS) is 10.9. The molecule has 1 heterocycles. The third kappa shape index (κ3) is 10.7. The van der Waals surface area contributed by atoms with Gasteiger partial charge in [-0.3, -0.25) is 24.3 Å². The first-order valence-corrected chi connectivity index (χ1v) is 11.6. The number of nitrogens with zero attached hydrogens (tertiary/aromatic N) is 1. The van der Waals surface area contributed by atoms with Crippen LogP contribution in [0.25, 0.3) is 11.0 Å². The van der Waals surface area contributed by atoms with Gasteiger partial charge in [0.2, 0.25) is 0 Å². The van der Waals surface area contributed by atoms with Gasteiger partial charge in [-0.2, -0.15) is 0 Å². The number of hydrogen-bond donors (Lipinski definition) is 5. The average molecular weight is 496 g/mol. The molecule has 2 aromatic rings. The summed E-state index contributed by atoms with van der Waals surface area (Å²) in [5.74, 6) is -1.10. The number of carboxylic acid groups (broad SMARTS) is 1. The Hall–Kier alpha value is -1.86. The van der Waals surface area contributed by atoms with Gasteiger partial charge >= 0.3 is 48.3 Å². The largest absolute Gasteiger partial charge is 1.00 e. The van der Waals surface area contributed by atoms with E-state index in [1.54, 1.807) is 0 Å². The van der Waals surface area contributed by atoms with E-state index < -0.39 is 35.9 Å². The Labute approximate surface area is 210 Å². The van der Waals surface area contributed by atoms with Gasteiger partial charge in [-0.1, -0.05) is 26.7 Å². The molecule has 0 saturated heterocycles. The van der Waals surface area contributed by atoms with Crippen molar-refractivity contribution in [3.8, 4) is 0 Å². The molecule has 0 fully saturated rings. The fraction of sp³-hybridized carbons (Fsp3) is 0.500. The number of nitro groups is 1. The zero-order valence-electron chi connectivity index (χ0n) is 18.6. The van der Waals surface area contributed by atoms with Crippen LogP contribution in [0.2, 0.25) is 0 Å². The minimum absolute atomic E-state index is 0. The molecule has 0 spiro atoms. The summed E-state index contributed by atoms with van der Waals surface area (Å²) < 4.78 is 10.8. The maximum atomic E-state index is 11.4. The zero-order valence-corrected chi connectivity index (χ0v) is 21.5. The van der Waals surface area contributed by atoms with Crippen LogP contribution in [-0.2, 0) is 15.9 Å². The molecule has 2 rings (SSSR count). The van der Waals surface area contributed by atoms with Gasteiger partial charge in [0.1, 0.15) is 0 Å². The van der Waals surface area contributed by atoms with Crippen LogP contribution in [0.3, 0.4) is 0 Å². The molecule has 0 aliphatic rings. The number of carboxylic acids is 1. The Morgan fingerprint density at radius 2 is 1.70 bits per heavy atom. The standard InChI is InChI=1S/C10H11N4O7P.C8H16O2.Na/c15-9-10(16)13-8-5(3-11-4-22(19,20)21)1-6(14(17)18)2-7(8)12-9;1-3-5-7(6-4-2)8(9)10;/h1-2,11H,3-4H2,(H,12,15)(H,13,16)(H2,19,20,21);7H,3-6H2,1-2H3,(H,9,10);/q;;+1/p-1. The number of aromatic amines is 2. The van der Waals surface area contributed by atoms with Crippen LogP contribution in [0.1, 0.15) is 45.1 Å². The molecule has 0 saturated carbocycles. The van der Waals surface area contributed by atoms with E-state index in [4.69, 9.17) is 9.79 Å². The van der Waals surface area contributed by atoms with Gasteiger partial charge in [-0.05, 0) is 24.3 Å². The van der Waals surface area contributed by atoms with E-state index in [0.29, 0.717) is 0 Å². The van der Waals surface area contributed by atoms with Crippen molar-refractivity contribution in [2.24, 2.45) is 5.92 Å². The smallest absolute Gasteiger partial charge is 0.550 e. The summed E-state index contributed by atoms with van der Waals surface area (Å²) in [6, 6.07) is 2.22. The number of nitrogens with one attached hydrogen (secondary N) is 3. The minimum Gasteiger partial charge on any atom is -0.550 e. The monoisotopic (exact) mass is 496 g/mol. The molecule has 0 bridgehead atoms. The van der Waals surface area contributed by atoms with Crippen molar-refractivity contribution in [1.29, 1.82) is 0 Å². The van der Waals surface area contributed by atoms with Crippen LogP contribution >= 0.6 is 7.60 Å². The summed E-state index contributed by atoms with van der Waals surface area (Å²) in [4.78, 5) is 65.2. The Kier molecular flexibility index (Phi) is 13.6. The van der Waals surface area contributed by atoms with Gasteiger partial charge < -0.3 is 35.0 Å². The summed E-state index contributed by atoms with van der Waals surface area (Å²) in [5, 5.41) is 23.7. The van der Waals surface area contributed by atoms with E-state index >= 15 is 0 Å². The Morgan fingerprint density at radius 3 is 2.15 bits per heavy atom. The maximum absolute atomic E-state index is 11.4. The second-order valence-electron chi connectivity index (χ2n) is 7.04. The predicted molar refractivity (Wildman–Crippen MR) is 114 cm³/mol. The summed E-state index contributed by atoms with van der Waals surface area (Å²) in [6.45, 7) is 3.84. The van der Waals surface area contributed by atoms with Crippen molar-refractivity contribution in [2.45, 2.75) is 46.1 Å². The number of nitro benzene ring substituents is 1. The zero-order chi connectivity index (χ0) is 24.5. The number of aliphatic carboxylic acids is 1. The number of fused-ring (bicyclic) bond motifs is 1. The Morgan fingerprint density at radius 1 is 1.15 bits per heavy atom. The number of H-pyrrole nitrogens is 2. The first-order chi connectivity index (χ1) is 14.9. The van der Waals surface area contributed by atoms with Crippen LogP contribution in [0, 0.1) is 16.0 Å². The average Bonchev–Trinajstić information content (AvgIpc) is 2.68. The van der Waals surface area contributed by atoms with Crippen molar-refractivity contribution in [2.75, 3.05) is 6.29 Å². The molecule has 33 heavy (non-hydrogen) atoms. The maximum Gasteiger partial charge on any atom is 1.00 e. The first-order valence-electron chi connectivity index (χ1n) is 9.79. The third-order valence-electron chi connectivity index (χ3n) is 4.35.